The predicted octanol–water partition coefficient (Wildman–Crippen LogP) is 3.24. The van der Waals surface area contributed by atoms with Gasteiger partial charge < -0.3 is 28.8 Å². The number of nitrogens with zero attached hydrogens (tertiary/aromatic N) is 3. The molecule has 0 spiro atoms. The van der Waals surface area contributed by atoms with Crippen molar-refractivity contribution in [3.05, 3.63) is 82.8 Å². The van der Waals surface area contributed by atoms with E-state index in [1.165, 1.54) is 28.8 Å². The summed E-state index contributed by atoms with van der Waals surface area (Å²) in [5.74, 6) is 0.360. The molecule has 2 aromatic heterocycles. The number of benzene rings is 2. The van der Waals surface area contributed by atoms with Crippen LogP contribution < -0.4 is 15.0 Å². The standard InChI is InChI=1S/C24H20F3N3O6/c25-24(26,27)35-19-7-4-16(5-8-19)22-28-23(36-29-22)17-6-9-21(33)30(12-17)11-15-2-1-3-20(10-15)34-14-18(32)13-31/h1-10,12,18,31-32H,11,13-14H2/t18-/m0/s1. The fourth-order valence-electron chi connectivity index (χ4n) is 3.22. The van der Waals surface area contributed by atoms with E-state index in [-0.39, 0.29) is 36.2 Å². The Morgan fingerprint density at radius 3 is 2.50 bits per heavy atom. The first-order chi connectivity index (χ1) is 17.2. The molecule has 4 rings (SSSR count). The van der Waals surface area contributed by atoms with Crippen LogP contribution in [0.4, 0.5) is 13.2 Å². The van der Waals surface area contributed by atoms with E-state index >= 15 is 0 Å². The molecule has 0 aliphatic rings. The van der Waals surface area contributed by atoms with Gasteiger partial charge >= 0.3 is 6.36 Å². The minimum Gasteiger partial charge on any atom is -0.491 e. The van der Waals surface area contributed by atoms with Crippen molar-refractivity contribution in [1.82, 2.24) is 14.7 Å². The van der Waals surface area contributed by atoms with Gasteiger partial charge in [-0.15, -0.1) is 13.2 Å². The number of ether oxygens (including phenoxy) is 2. The first-order valence-corrected chi connectivity index (χ1v) is 10.6. The Kier molecular flexibility index (Phi) is 7.36. The Labute approximate surface area is 202 Å². The molecule has 188 valence electrons. The second kappa shape index (κ2) is 10.6. The average Bonchev–Trinajstić information content (AvgIpc) is 3.34. The maximum Gasteiger partial charge on any atom is 0.573 e. The highest BCUT2D eigenvalue weighted by Gasteiger charge is 2.31. The number of aromatic nitrogens is 3. The van der Waals surface area contributed by atoms with Crippen molar-refractivity contribution in [2.45, 2.75) is 19.0 Å². The van der Waals surface area contributed by atoms with Crippen molar-refractivity contribution in [3.8, 4) is 34.3 Å². The zero-order chi connectivity index (χ0) is 25.7. The van der Waals surface area contributed by atoms with Crippen LogP contribution in [0, 0.1) is 0 Å². The summed E-state index contributed by atoms with van der Waals surface area (Å²) in [7, 11) is 0. The zero-order valence-electron chi connectivity index (χ0n) is 18.6. The van der Waals surface area contributed by atoms with Crippen molar-refractivity contribution >= 4 is 0 Å². The number of aliphatic hydroxyl groups excluding tert-OH is 2. The first-order valence-electron chi connectivity index (χ1n) is 10.6. The highest BCUT2D eigenvalue weighted by molar-refractivity contribution is 5.60. The van der Waals surface area contributed by atoms with Crippen molar-refractivity contribution in [2.75, 3.05) is 13.2 Å². The quantitative estimate of drug-likeness (QED) is 0.357. The van der Waals surface area contributed by atoms with Gasteiger partial charge in [-0.2, -0.15) is 4.98 Å². The number of hydrogen-bond acceptors (Lipinski definition) is 8. The molecule has 1 atom stereocenters. The van der Waals surface area contributed by atoms with Crippen molar-refractivity contribution < 1.29 is 37.4 Å². The molecule has 2 heterocycles. The summed E-state index contributed by atoms with van der Waals surface area (Å²) in [6.07, 6.45) is -4.25. The van der Waals surface area contributed by atoms with Gasteiger partial charge in [0.25, 0.3) is 11.4 Å². The second-order valence-corrected chi connectivity index (χ2v) is 7.67. The third-order valence-electron chi connectivity index (χ3n) is 4.91. The normalized spacial score (nSPS) is 12.4. The van der Waals surface area contributed by atoms with Gasteiger partial charge in [-0.05, 0) is 48.0 Å². The Morgan fingerprint density at radius 1 is 1.03 bits per heavy atom. The third kappa shape index (κ3) is 6.49. The summed E-state index contributed by atoms with van der Waals surface area (Å²) in [5, 5.41) is 22.2. The largest absolute Gasteiger partial charge is 0.573 e. The SMILES string of the molecule is O=c1ccc(-c2nc(-c3ccc(OC(F)(F)F)cc3)no2)cn1Cc1cccc(OC[C@@H](O)CO)c1. The molecule has 0 radical (unpaired) electrons. The summed E-state index contributed by atoms with van der Waals surface area (Å²) < 4.78 is 53.0. The highest BCUT2D eigenvalue weighted by Crippen LogP contribution is 2.27. The van der Waals surface area contributed by atoms with Gasteiger partial charge in [-0.3, -0.25) is 4.79 Å². The number of rotatable bonds is 9. The van der Waals surface area contributed by atoms with E-state index in [4.69, 9.17) is 14.4 Å². The molecular weight excluding hydrogens is 483 g/mol. The van der Waals surface area contributed by atoms with E-state index in [9.17, 15) is 23.1 Å². The number of hydrogen-bond donors (Lipinski definition) is 2. The molecule has 0 amide bonds. The Morgan fingerprint density at radius 2 is 1.78 bits per heavy atom. The summed E-state index contributed by atoms with van der Waals surface area (Å²) in [4.78, 5) is 16.7. The lowest BCUT2D eigenvalue weighted by Gasteiger charge is -2.12. The van der Waals surface area contributed by atoms with Crippen LogP contribution in [0.5, 0.6) is 11.5 Å². The van der Waals surface area contributed by atoms with E-state index in [0.29, 0.717) is 16.9 Å². The van der Waals surface area contributed by atoms with Crippen LogP contribution in [0.3, 0.4) is 0 Å². The average molecular weight is 503 g/mol. The monoisotopic (exact) mass is 503 g/mol. The second-order valence-electron chi connectivity index (χ2n) is 7.67. The summed E-state index contributed by atoms with van der Waals surface area (Å²) in [6, 6.07) is 14.8. The van der Waals surface area contributed by atoms with Crippen molar-refractivity contribution in [2.24, 2.45) is 0 Å². The Balaban J connectivity index is 1.50. The van der Waals surface area contributed by atoms with Crippen LogP contribution in [0.2, 0.25) is 0 Å². The molecule has 12 heteroatoms. The topological polar surface area (TPSA) is 120 Å². The molecule has 0 aliphatic heterocycles. The highest BCUT2D eigenvalue weighted by atomic mass is 19.4. The maximum absolute atomic E-state index is 12.4. The molecule has 2 N–H and O–H groups in total. The van der Waals surface area contributed by atoms with Crippen LogP contribution in [0.25, 0.3) is 22.8 Å². The smallest absolute Gasteiger partial charge is 0.491 e. The summed E-state index contributed by atoms with van der Waals surface area (Å²) in [5.41, 5.74) is 1.35. The summed E-state index contributed by atoms with van der Waals surface area (Å²) >= 11 is 0. The van der Waals surface area contributed by atoms with Crippen LogP contribution >= 0.6 is 0 Å². The van der Waals surface area contributed by atoms with E-state index in [1.54, 1.807) is 30.5 Å². The van der Waals surface area contributed by atoms with Gasteiger partial charge in [0.1, 0.15) is 24.2 Å². The van der Waals surface area contributed by atoms with E-state index in [0.717, 1.165) is 17.7 Å². The van der Waals surface area contributed by atoms with Gasteiger partial charge in [0, 0.05) is 17.8 Å². The molecule has 0 fully saturated rings. The van der Waals surface area contributed by atoms with Crippen molar-refractivity contribution in [3.63, 3.8) is 0 Å². The summed E-state index contributed by atoms with van der Waals surface area (Å²) in [6.45, 7) is -0.294. The van der Waals surface area contributed by atoms with E-state index in [2.05, 4.69) is 14.9 Å². The fourth-order valence-corrected chi connectivity index (χ4v) is 3.22. The molecule has 2 aromatic carbocycles. The molecule has 0 saturated heterocycles. The molecule has 0 bridgehead atoms. The fraction of sp³-hybridized carbons (Fsp3) is 0.208. The first kappa shape index (κ1) is 24.9. The van der Waals surface area contributed by atoms with Gasteiger partial charge in [0.2, 0.25) is 5.82 Å². The van der Waals surface area contributed by atoms with E-state index < -0.39 is 19.1 Å². The number of alkyl halides is 3. The van der Waals surface area contributed by atoms with Gasteiger partial charge in [-0.1, -0.05) is 17.3 Å². The van der Waals surface area contributed by atoms with Crippen LogP contribution in [0.15, 0.2) is 76.2 Å². The minimum atomic E-state index is -4.79. The zero-order valence-corrected chi connectivity index (χ0v) is 18.6. The van der Waals surface area contributed by atoms with E-state index in [1.807, 2.05) is 0 Å². The lowest BCUT2D eigenvalue weighted by Crippen LogP contribution is -2.21. The number of aliphatic hydroxyl groups is 2. The molecular formula is C24H20F3N3O6. The maximum atomic E-state index is 12.4. The van der Waals surface area contributed by atoms with Crippen LogP contribution in [-0.4, -0.2) is 50.6 Å². The predicted molar refractivity (Wildman–Crippen MR) is 120 cm³/mol. The lowest BCUT2D eigenvalue weighted by molar-refractivity contribution is -0.274. The molecule has 0 aliphatic carbocycles. The Hall–Kier alpha value is -4.16. The van der Waals surface area contributed by atoms with Crippen LogP contribution in [-0.2, 0) is 6.54 Å². The van der Waals surface area contributed by atoms with Gasteiger partial charge in [0.15, 0.2) is 0 Å². The number of pyridine rings is 1. The minimum absolute atomic E-state index is 0.0764. The molecule has 4 aromatic rings. The lowest BCUT2D eigenvalue weighted by atomic mass is 10.2. The Bertz CT molecular complexity index is 1370. The van der Waals surface area contributed by atoms with Crippen LogP contribution in [0.1, 0.15) is 5.56 Å². The number of halogens is 3. The van der Waals surface area contributed by atoms with Crippen molar-refractivity contribution in [1.29, 1.82) is 0 Å². The van der Waals surface area contributed by atoms with Gasteiger partial charge in [-0.25, -0.2) is 0 Å². The molecule has 0 saturated carbocycles. The molecule has 9 nitrogen and oxygen atoms in total. The molecule has 0 unspecified atom stereocenters. The van der Waals surface area contributed by atoms with Gasteiger partial charge in [0.05, 0.1) is 18.7 Å². The third-order valence-corrected chi connectivity index (χ3v) is 4.91. The molecule has 36 heavy (non-hydrogen) atoms.